The first-order chi connectivity index (χ1) is 15.2. The number of aromatic nitrogens is 1. The summed E-state index contributed by atoms with van der Waals surface area (Å²) >= 11 is 0. The normalized spacial score (nSPS) is 12.4. The standard InChI is InChI=1S/C21H25N3O7S/c1-23-8-7-13-9-15(5-6-17(13)23)32(27,28)24(21(26)16(22)12-25)14-10-18(29-2)20(31-4)19(11-14)30-3/h5-11,16,25H,12,22H2,1-4H3. The minimum absolute atomic E-state index is 0.0819. The van der Waals surface area contributed by atoms with Gasteiger partial charge in [-0.1, -0.05) is 0 Å². The third-order valence-electron chi connectivity index (χ3n) is 4.99. The summed E-state index contributed by atoms with van der Waals surface area (Å²) in [5.41, 5.74) is 6.46. The van der Waals surface area contributed by atoms with Crippen LogP contribution in [-0.4, -0.2) is 58.0 Å². The van der Waals surface area contributed by atoms with Crippen molar-refractivity contribution in [1.29, 1.82) is 0 Å². The lowest BCUT2D eigenvalue weighted by atomic mass is 10.2. The Kier molecular flexibility index (Phi) is 6.63. The van der Waals surface area contributed by atoms with E-state index >= 15 is 0 Å². The Morgan fingerprint density at radius 3 is 2.25 bits per heavy atom. The van der Waals surface area contributed by atoms with Gasteiger partial charge in [-0.15, -0.1) is 0 Å². The van der Waals surface area contributed by atoms with Gasteiger partial charge in [0.05, 0.1) is 38.5 Å². The van der Waals surface area contributed by atoms with Crippen molar-refractivity contribution in [3.05, 3.63) is 42.6 Å². The fourth-order valence-corrected chi connectivity index (χ4v) is 4.81. The maximum atomic E-state index is 13.6. The van der Waals surface area contributed by atoms with E-state index in [4.69, 9.17) is 19.9 Å². The van der Waals surface area contributed by atoms with Crippen molar-refractivity contribution in [3.63, 3.8) is 0 Å². The van der Waals surface area contributed by atoms with E-state index in [1.807, 2.05) is 11.6 Å². The van der Waals surface area contributed by atoms with E-state index in [2.05, 4.69) is 0 Å². The second-order valence-corrected chi connectivity index (χ2v) is 8.71. The van der Waals surface area contributed by atoms with Gasteiger partial charge in [0.2, 0.25) is 5.75 Å². The summed E-state index contributed by atoms with van der Waals surface area (Å²) in [5.74, 6) is -0.507. The Bertz CT molecular complexity index is 1230. The van der Waals surface area contributed by atoms with Crippen LogP contribution < -0.4 is 24.2 Å². The Labute approximate surface area is 185 Å². The molecule has 3 N–H and O–H groups in total. The van der Waals surface area contributed by atoms with E-state index < -0.39 is 28.6 Å². The molecule has 172 valence electrons. The highest BCUT2D eigenvalue weighted by Crippen LogP contribution is 2.42. The van der Waals surface area contributed by atoms with Crippen LogP contribution in [-0.2, 0) is 21.9 Å². The molecule has 1 atom stereocenters. The van der Waals surface area contributed by atoms with Gasteiger partial charge in [-0.25, -0.2) is 12.7 Å². The average Bonchev–Trinajstić information content (AvgIpc) is 3.17. The smallest absolute Gasteiger partial charge is 0.270 e. The lowest BCUT2D eigenvalue weighted by Crippen LogP contribution is -2.48. The SMILES string of the molecule is COc1cc(N(C(=O)C(N)CO)S(=O)(=O)c2ccc3c(ccn3C)c2)cc(OC)c1OC. The van der Waals surface area contributed by atoms with Crippen molar-refractivity contribution >= 4 is 32.5 Å². The van der Waals surface area contributed by atoms with Gasteiger partial charge >= 0.3 is 0 Å². The van der Waals surface area contributed by atoms with Crippen LogP contribution in [0.5, 0.6) is 17.2 Å². The number of methoxy groups -OCH3 is 3. The third kappa shape index (κ3) is 3.97. The first-order valence-corrected chi connectivity index (χ1v) is 10.9. The number of aryl methyl sites for hydroxylation is 1. The van der Waals surface area contributed by atoms with Gasteiger partial charge in [0.25, 0.3) is 15.9 Å². The van der Waals surface area contributed by atoms with E-state index in [1.165, 1.54) is 45.6 Å². The van der Waals surface area contributed by atoms with Crippen LogP contribution in [0.4, 0.5) is 5.69 Å². The second kappa shape index (κ2) is 9.07. The molecule has 3 aromatic rings. The second-order valence-electron chi connectivity index (χ2n) is 6.93. The van der Waals surface area contributed by atoms with Crippen molar-refractivity contribution < 1.29 is 32.5 Å². The van der Waals surface area contributed by atoms with Gasteiger partial charge in [-0.3, -0.25) is 4.79 Å². The number of amides is 1. The highest BCUT2D eigenvalue weighted by molar-refractivity contribution is 7.93. The molecule has 3 rings (SSSR count). The topological polar surface area (TPSA) is 133 Å². The summed E-state index contributed by atoms with van der Waals surface area (Å²) in [6, 6.07) is 7.45. The number of fused-ring (bicyclic) bond motifs is 1. The van der Waals surface area contributed by atoms with E-state index in [1.54, 1.807) is 18.3 Å². The van der Waals surface area contributed by atoms with Gasteiger partial charge in [-0.05, 0) is 24.3 Å². The summed E-state index contributed by atoms with van der Waals surface area (Å²) in [6.45, 7) is -0.743. The molecule has 0 saturated carbocycles. The molecule has 0 aliphatic carbocycles. The van der Waals surface area contributed by atoms with Gasteiger partial charge in [-0.2, -0.15) is 0 Å². The van der Waals surface area contributed by atoms with Crippen molar-refractivity contribution in [2.75, 3.05) is 32.2 Å². The van der Waals surface area contributed by atoms with E-state index in [-0.39, 0.29) is 27.8 Å². The summed E-state index contributed by atoms with van der Waals surface area (Å²) in [6.07, 6.45) is 1.80. The molecular formula is C21H25N3O7S. The molecule has 10 nitrogen and oxygen atoms in total. The molecule has 2 aromatic carbocycles. The van der Waals surface area contributed by atoms with Gasteiger partial charge in [0.1, 0.15) is 6.04 Å². The Morgan fingerprint density at radius 2 is 1.72 bits per heavy atom. The van der Waals surface area contributed by atoms with Gasteiger partial charge in [0.15, 0.2) is 11.5 Å². The van der Waals surface area contributed by atoms with Crippen LogP contribution >= 0.6 is 0 Å². The number of nitrogens with two attached hydrogens (primary N) is 1. The molecule has 0 saturated heterocycles. The molecule has 0 fully saturated rings. The van der Waals surface area contributed by atoms with Crippen molar-refractivity contribution in [2.45, 2.75) is 10.9 Å². The fourth-order valence-electron chi connectivity index (χ4n) is 3.32. The van der Waals surface area contributed by atoms with E-state index in [9.17, 15) is 18.3 Å². The maximum Gasteiger partial charge on any atom is 0.270 e. The number of hydrogen-bond acceptors (Lipinski definition) is 8. The van der Waals surface area contributed by atoms with Crippen molar-refractivity contribution in [2.24, 2.45) is 12.8 Å². The molecule has 1 heterocycles. The van der Waals surface area contributed by atoms with Crippen LogP contribution in [0, 0.1) is 0 Å². The molecule has 0 bridgehead atoms. The number of carbonyl (C=O) groups excluding carboxylic acids is 1. The number of sulfonamides is 1. The predicted molar refractivity (Wildman–Crippen MR) is 119 cm³/mol. The number of benzene rings is 2. The summed E-state index contributed by atoms with van der Waals surface area (Å²) in [7, 11) is 1.54. The number of rotatable bonds is 8. The predicted octanol–water partition coefficient (Wildman–Crippen LogP) is 1.25. The van der Waals surface area contributed by atoms with Gasteiger partial charge in [0, 0.05) is 36.3 Å². The molecular weight excluding hydrogens is 438 g/mol. The molecule has 1 aromatic heterocycles. The first kappa shape index (κ1) is 23.4. The molecule has 1 unspecified atom stereocenters. The highest BCUT2D eigenvalue weighted by Gasteiger charge is 2.35. The number of hydrogen-bond donors (Lipinski definition) is 2. The molecule has 0 radical (unpaired) electrons. The van der Waals surface area contributed by atoms with Crippen LogP contribution in [0.3, 0.4) is 0 Å². The minimum Gasteiger partial charge on any atom is -0.493 e. The first-order valence-electron chi connectivity index (χ1n) is 9.50. The van der Waals surface area contributed by atoms with Crippen molar-refractivity contribution in [1.82, 2.24) is 4.57 Å². The zero-order valence-electron chi connectivity index (χ0n) is 18.1. The lowest BCUT2D eigenvalue weighted by molar-refractivity contribution is -0.119. The quantitative estimate of drug-likeness (QED) is 0.510. The number of aliphatic hydroxyl groups is 1. The third-order valence-corrected chi connectivity index (χ3v) is 6.71. The number of nitrogens with zero attached hydrogens (tertiary/aromatic N) is 2. The zero-order valence-corrected chi connectivity index (χ0v) is 18.9. The van der Waals surface area contributed by atoms with Crippen molar-refractivity contribution in [3.8, 4) is 17.2 Å². The monoisotopic (exact) mass is 463 g/mol. The summed E-state index contributed by atoms with van der Waals surface area (Å²) < 4.78 is 45.5. The van der Waals surface area contributed by atoms with Gasteiger partial charge < -0.3 is 29.6 Å². The largest absolute Gasteiger partial charge is 0.493 e. The molecule has 0 aliphatic rings. The molecule has 11 heteroatoms. The summed E-state index contributed by atoms with van der Waals surface area (Å²) in [5, 5.41) is 10.1. The number of aliphatic hydroxyl groups excluding tert-OH is 1. The Balaban J connectivity index is 2.25. The molecule has 0 spiro atoms. The Hall–Kier alpha value is -3.28. The summed E-state index contributed by atoms with van der Waals surface area (Å²) in [4.78, 5) is 12.9. The average molecular weight is 464 g/mol. The fraction of sp³-hybridized carbons (Fsp3) is 0.286. The zero-order chi connectivity index (χ0) is 23.6. The maximum absolute atomic E-state index is 13.6. The Morgan fingerprint density at radius 1 is 1.09 bits per heavy atom. The molecule has 32 heavy (non-hydrogen) atoms. The van der Waals surface area contributed by atoms with E-state index in [0.717, 1.165) is 5.52 Å². The lowest BCUT2D eigenvalue weighted by Gasteiger charge is -2.26. The molecule has 1 amide bonds. The van der Waals surface area contributed by atoms with Crippen LogP contribution in [0.25, 0.3) is 10.9 Å². The number of ether oxygens (including phenoxy) is 3. The van der Waals surface area contributed by atoms with E-state index in [0.29, 0.717) is 9.69 Å². The van der Waals surface area contributed by atoms with Crippen LogP contribution in [0.1, 0.15) is 0 Å². The molecule has 0 aliphatic heterocycles. The minimum atomic E-state index is -4.43. The van der Waals surface area contributed by atoms with Crippen LogP contribution in [0.2, 0.25) is 0 Å². The van der Waals surface area contributed by atoms with Crippen LogP contribution in [0.15, 0.2) is 47.5 Å². The highest BCUT2D eigenvalue weighted by atomic mass is 32.2. The number of carbonyl (C=O) groups is 1. The number of anilines is 1.